The number of carbonyl (C=O) groups excluding carboxylic acids is 2. The predicted molar refractivity (Wildman–Crippen MR) is 85.0 cm³/mol. The number of piperidine rings is 1. The third-order valence-electron chi connectivity index (χ3n) is 3.81. The molecule has 0 saturated carbocycles. The normalized spacial score (nSPS) is 18.1. The second-order valence-electron chi connectivity index (χ2n) is 5.30. The van der Waals surface area contributed by atoms with Crippen molar-refractivity contribution in [3.63, 3.8) is 0 Å². The van der Waals surface area contributed by atoms with E-state index in [-0.39, 0.29) is 5.91 Å². The fraction of sp³-hybridized carbons (Fsp3) is 0.667. The number of ether oxygens (including phenoxy) is 1. The van der Waals surface area contributed by atoms with E-state index in [0.29, 0.717) is 19.5 Å². The van der Waals surface area contributed by atoms with Crippen LogP contribution in [0.5, 0.6) is 0 Å². The van der Waals surface area contributed by atoms with Crippen LogP contribution in [0.2, 0.25) is 0 Å². The molecule has 1 aromatic heterocycles. The summed E-state index contributed by atoms with van der Waals surface area (Å²) in [5, 5.41) is 6.00. The number of hydrogen-bond donors (Lipinski definition) is 1. The molecule has 1 aromatic rings. The highest BCUT2D eigenvalue weighted by Crippen LogP contribution is 2.18. The van der Waals surface area contributed by atoms with Crippen LogP contribution in [-0.2, 0) is 22.4 Å². The second-order valence-corrected chi connectivity index (χ2v) is 6.24. The summed E-state index contributed by atoms with van der Waals surface area (Å²) in [5.41, 5.74) is 1.09. The fourth-order valence-corrected chi connectivity index (χ4v) is 3.46. The average Bonchev–Trinajstić information content (AvgIpc) is 3.02. The molecule has 2 rings (SSSR count). The number of methoxy groups -OCH3 is 1. The lowest BCUT2D eigenvalue weighted by Gasteiger charge is -2.33. The molecule has 1 N–H and O–H groups in total. The van der Waals surface area contributed by atoms with Gasteiger partial charge in [-0.3, -0.25) is 9.69 Å². The maximum atomic E-state index is 12.3. The first-order valence-corrected chi connectivity index (χ1v) is 8.59. The summed E-state index contributed by atoms with van der Waals surface area (Å²) >= 11 is 1.62. The number of hydrogen-bond acceptors (Lipinski definition) is 5. The molecule has 6 nitrogen and oxygen atoms in total. The molecule has 0 bridgehead atoms. The Hall–Kier alpha value is -1.63. The molecule has 0 unspecified atom stereocenters. The maximum Gasteiger partial charge on any atom is 0.410 e. The standard InChI is InChI=1S/C15H23N3O3S/c1-3-11-10-22-13(17-11)7-8-16-14(19)12-6-4-5-9-18(12)15(20)21-2/h10,12H,3-9H2,1-2H3,(H,16,19)/t12-/m0/s1. The molecule has 7 heteroatoms. The lowest BCUT2D eigenvalue weighted by molar-refractivity contribution is -0.126. The number of rotatable bonds is 5. The molecule has 0 aromatic carbocycles. The third-order valence-corrected chi connectivity index (χ3v) is 4.77. The van der Waals surface area contributed by atoms with E-state index in [1.54, 1.807) is 11.3 Å². The third kappa shape index (κ3) is 4.19. The minimum Gasteiger partial charge on any atom is -0.453 e. The highest BCUT2D eigenvalue weighted by molar-refractivity contribution is 7.09. The van der Waals surface area contributed by atoms with Gasteiger partial charge in [0.2, 0.25) is 5.91 Å². The van der Waals surface area contributed by atoms with Gasteiger partial charge in [-0.2, -0.15) is 0 Å². The number of nitrogens with one attached hydrogen (secondary N) is 1. The Morgan fingerprint density at radius 3 is 3.00 bits per heavy atom. The van der Waals surface area contributed by atoms with Crippen LogP contribution in [0.3, 0.4) is 0 Å². The van der Waals surface area contributed by atoms with Crippen molar-refractivity contribution < 1.29 is 14.3 Å². The van der Waals surface area contributed by atoms with Crippen molar-refractivity contribution in [2.75, 3.05) is 20.2 Å². The molecule has 1 fully saturated rings. The molecular weight excluding hydrogens is 302 g/mol. The fourth-order valence-electron chi connectivity index (χ4n) is 2.58. The Morgan fingerprint density at radius 2 is 2.32 bits per heavy atom. The van der Waals surface area contributed by atoms with Gasteiger partial charge in [-0.25, -0.2) is 9.78 Å². The van der Waals surface area contributed by atoms with E-state index in [1.807, 2.05) is 0 Å². The predicted octanol–water partition coefficient (Wildman–Crippen LogP) is 1.99. The van der Waals surface area contributed by atoms with Crippen molar-refractivity contribution in [2.45, 2.75) is 45.1 Å². The summed E-state index contributed by atoms with van der Waals surface area (Å²) in [7, 11) is 1.35. The lowest BCUT2D eigenvalue weighted by Crippen LogP contribution is -2.52. The molecule has 1 aliphatic rings. The summed E-state index contributed by atoms with van der Waals surface area (Å²) < 4.78 is 4.76. The molecular formula is C15H23N3O3S. The summed E-state index contributed by atoms with van der Waals surface area (Å²) in [6, 6.07) is -0.413. The van der Waals surface area contributed by atoms with Gasteiger partial charge in [0.15, 0.2) is 0 Å². The second kappa shape index (κ2) is 8.12. The van der Waals surface area contributed by atoms with Crippen molar-refractivity contribution in [3.05, 3.63) is 16.1 Å². The number of nitrogens with zero attached hydrogens (tertiary/aromatic N) is 2. The Bertz CT molecular complexity index is 518. The number of amides is 2. The molecule has 0 aliphatic carbocycles. The largest absolute Gasteiger partial charge is 0.453 e. The molecule has 22 heavy (non-hydrogen) atoms. The number of aromatic nitrogens is 1. The quantitative estimate of drug-likeness (QED) is 0.898. The van der Waals surface area contributed by atoms with Crippen LogP contribution >= 0.6 is 11.3 Å². The van der Waals surface area contributed by atoms with Gasteiger partial charge in [0.1, 0.15) is 6.04 Å². The van der Waals surface area contributed by atoms with E-state index in [9.17, 15) is 9.59 Å². The smallest absolute Gasteiger partial charge is 0.410 e. The Balaban J connectivity index is 1.83. The van der Waals surface area contributed by atoms with Gasteiger partial charge >= 0.3 is 6.09 Å². The Labute approximate surface area is 134 Å². The highest BCUT2D eigenvalue weighted by Gasteiger charge is 2.32. The Kier molecular flexibility index (Phi) is 6.18. The van der Waals surface area contributed by atoms with Crippen LogP contribution in [0, 0.1) is 0 Å². The van der Waals surface area contributed by atoms with Gasteiger partial charge in [-0.1, -0.05) is 6.92 Å². The monoisotopic (exact) mass is 325 g/mol. The number of carbonyl (C=O) groups is 2. The summed E-state index contributed by atoms with van der Waals surface area (Å²) in [5.74, 6) is -0.0997. The van der Waals surface area contributed by atoms with Gasteiger partial charge in [-0.15, -0.1) is 11.3 Å². The van der Waals surface area contributed by atoms with Gasteiger partial charge in [0.05, 0.1) is 17.8 Å². The first-order valence-electron chi connectivity index (χ1n) is 7.71. The number of aryl methyl sites for hydroxylation is 1. The van der Waals surface area contributed by atoms with Gasteiger partial charge in [-0.05, 0) is 25.7 Å². The van der Waals surface area contributed by atoms with E-state index >= 15 is 0 Å². The van der Waals surface area contributed by atoms with Crippen LogP contribution in [0.15, 0.2) is 5.38 Å². The van der Waals surface area contributed by atoms with Crippen LogP contribution in [0.25, 0.3) is 0 Å². The molecule has 1 atom stereocenters. The van der Waals surface area contributed by atoms with Crippen molar-refractivity contribution >= 4 is 23.3 Å². The zero-order chi connectivity index (χ0) is 15.9. The first kappa shape index (κ1) is 16.7. The molecule has 1 aliphatic heterocycles. The summed E-state index contributed by atoms with van der Waals surface area (Å²) in [6.07, 6.45) is 3.79. The van der Waals surface area contributed by atoms with Crippen molar-refractivity contribution in [2.24, 2.45) is 0 Å². The van der Waals surface area contributed by atoms with Gasteiger partial charge in [0, 0.05) is 24.9 Å². The van der Waals surface area contributed by atoms with E-state index < -0.39 is 12.1 Å². The van der Waals surface area contributed by atoms with Crippen LogP contribution < -0.4 is 5.32 Å². The number of thiazole rings is 1. The van der Waals surface area contributed by atoms with Crippen LogP contribution in [-0.4, -0.2) is 48.1 Å². The minimum absolute atomic E-state index is 0.0997. The summed E-state index contributed by atoms with van der Waals surface area (Å²) in [4.78, 5) is 30.0. The van der Waals surface area contributed by atoms with E-state index in [2.05, 4.69) is 22.6 Å². The maximum absolute atomic E-state index is 12.3. The molecule has 122 valence electrons. The van der Waals surface area contributed by atoms with E-state index in [4.69, 9.17) is 4.74 Å². The molecule has 2 heterocycles. The van der Waals surface area contributed by atoms with E-state index in [1.165, 1.54) is 12.0 Å². The lowest BCUT2D eigenvalue weighted by atomic mass is 10.0. The van der Waals surface area contributed by atoms with Crippen molar-refractivity contribution in [1.29, 1.82) is 0 Å². The molecule has 2 amide bonds. The van der Waals surface area contributed by atoms with Crippen LogP contribution in [0.1, 0.15) is 36.9 Å². The van der Waals surface area contributed by atoms with Gasteiger partial charge < -0.3 is 10.1 Å². The Morgan fingerprint density at radius 1 is 1.50 bits per heavy atom. The molecule has 0 radical (unpaired) electrons. The zero-order valence-corrected chi connectivity index (χ0v) is 13.9. The molecule has 1 saturated heterocycles. The average molecular weight is 325 g/mol. The minimum atomic E-state index is -0.424. The van der Waals surface area contributed by atoms with Crippen molar-refractivity contribution in [1.82, 2.24) is 15.2 Å². The van der Waals surface area contributed by atoms with E-state index in [0.717, 1.165) is 36.4 Å². The van der Waals surface area contributed by atoms with Crippen molar-refractivity contribution in [3.8, 4) is 0 Å². The highest BCUT2D eigenvalue weighted by atomic mass is 32.1. The topological polar surface area (TPSA) is 71.5 Å². The summed E-state index contributed by atoms with van der Waals surface area (Å²) in [6.45, 7) is 3.20. The SMILES string of the molecule is CCc1csc(CCNC(=O)[C@@H]2CCCCN2C(=O)OC)n1. The number of likely N-dealkylation sites (tertiary alicyclic amines) is 1. The van der Waals surface area contributed by atoms with Crippen LogP contribution in [0.4, 0.5) is 4.79 Å². The molecule has 0 spiro atoms. The van der Waals surface area contributed by atoms with Gasteiger partial charge in [0.25, 0.3) is 0 Å². The zero-order valence-electron chi connectivity index (χ0n) is 13.1. The first-order chi connectivity index (χ1) is 10.7.